The standard InChI is InChI=1S/C19H22N2O3/c1-21(13-15-5-3-2-4-6-15)17-9-7-16(8-10-17)20-19(22)18-14-23-11-12-24-18/h2-10,18H,11-14H2,1H3,(H,20,22)/t18-/m0/s1. The first-order valence-corrected chi connectivity index (χ1v) is 8.08. The summed E-state index contributed by atoms with van der Waals surface area (Å²) in [6.07, 6.45) is -0.529. The van der Waals surface area contributed by atoms with Crippen LogP contribution in [0.25, 0.3) is 0 Å². The van der Waals surface area contributed by atoms with E-state index in [1.54, 1.807) is 0 Å². The van der Waals surface area contributed by atoms with E-state index in [1.165, 1.54) is 5.56 Å². The van der Waals surface area contributed by atoms with Crippen molar-refractivity contribution < 1.29 is 14.3 Å². The fourth-order valence-corrected chi connectivity index (χ4v) is 2.61. The average Bonchev–Trinajstić information content (AvgIpc) is 2.64. The summed E-state index contributed by atoms with van der Waals surface area (Å²) in [5, 5.41) is 2.87. The molecule has 0 saturated carbocycles. The third-order valence-corrected chi connectivity index (χ3v) is 3.95. The molecular weight excluding hydrogens is 304 g/mol. The van der Waals surface area contributed by atoms with Crippen molar-refractivity contribution in [1.82, 2.24) is 0 Å². The lowest BCUT2D eigenvalue weighted by Gasteiger charge is -2.22. The highest BCUT2D eigenvalue weighted by molar-refractivity contribution is 5.94. The molecule has 1 heterocycles. The molecule has 1 aliphatic heterocycles. The van der Waals surface area contributed by atoms with Crippen molar-refractivity contribution in [3.63, 3.8) is 0 Å². The highest BCUT2D eigenvalue weighted by Crippen LogP contribution is 2.19. The van der Waals surface area contributed by atoms with Gasteiger partial charge in [0.15, 0.2) is 6.10 Å². The number of hydrogen-bond donors (Lipinski definition) is 1. The van der Waals surface area contributed by atoms with Gasteiger partial charge >= 0.3 is 0 Å². The number of benzene rings is 2. The van der Waals surface area contributed by atoms with Crippen molar-refractivity contribution in [3.05, 3.63) is 60.2 Å². The maximum absolute atomic E-state index is 12.1. The monoisotopic (exact) mass is 326 g/mol. The molecule has 0 aromatic heterocycles. The van der Waals surface area contributed by atoms with Gasteiger partial charge in [-0.05, 0) is 29.8 Å². The van der Waals surface area contributed by atoms with Crippen LogP contribution in [0.4, 0.5) is 11.4 Å². The number of carbonyl (C=O) groups is 1. The molecule has 0 unspecified atom stereocenters. The second-order valence-electron chi connectivity index (χ2n) is 5.81. The molecule has 1 fully saturated rings. The summed E-state index contributed by atoms with van der Waals surface area (Å²) in [7, 11) is 2.05. The lowest BCUT2D eigenvalue weighted by atomic mass is 10.2. The summed E-state index contributed by atoms with van der Waals surface area (Å²) in [4.78, 5) is 14.3. The number of nitrogens with zero attached hydrogens (tertiary/aromatic N) is 1. The highest BCUT2D eigenvalue weighted by atomic mass is 16.6. The Morgan fingerprint density at radius 1 is 1.12 bits per heavy atom. The van der Waals surface area contributed by atoms with Gasteiger partial charge in [-0.25, -0.2) is 0 Å². The van der Waals surface area contributed by atoms with Crippen LogP contribution in [0.1, 0.15) is 5.56 Å². The van der Waals surface area contributed by atoms with Gasteiger partial charge in [-0.15, -0.1) is 0 Å². The van der Waals surface area contributed by atoms with Gasteiger partial charge in [0.1, 0.15) is 0 Å². The van der Waals surface area contributed by atoms with E-state index in [4.69, 9.17) is 9.47 Å². The number of ether oxygens (including phenoxy) is 2. The SMILES string of the molecule is CN(Cc1ccccc1)c1ccc(NC(=O)[C@@H]2COCCO2)cc1. The van der Waals surface area contributed by atoms with Crippen LogP contribution in [-0.4, -0.2) is 38.9 Å². The molecule has 0 bridgehead atoms. The Kier molecular flexibility index (Phi) is 5.46. The Morgan fingerprint density at radius 3 is 2.54 bits per heavy atom. The number of nitrogens with one attached hydrogen (secondary N) is 1. The van der Waals surface area contributed by atoms with Crippen LogP contribution < -0.4 is 10.2 Å². The molecule has 1 amide bonds. The predicted octanol–water partition coefficient (Wildman–Crippen LogP) is 2.68. The summed E-state index contributed by atoms with van der Waals surface area (Å²) < 4.78 is 10.7. The minimum absolute atomic E-state index is 0.167. The largest absolute Gasteiger partial charge is 0.376 e. The van der Waals surface area contributed by atoms with E-state index in [-0.39, 0.29) is 5.91 Å². The summed E-state index contributed by atoms with van der Waals surface area (Å²) in [6.45, 7) is 2.15. The van der Waals surface area contributed by atoms with Crippen molar-refractivity contribution in [2.75, 3.05) is 37.1 Å². The fraction of sp³-hybridized carbons (Fsp3) is 0.316. The highest BCUT2D eigenvalue weighted by Gasteiger charge is 2.22. The lowest BCUT2D eigenvalue weighted by molar-refractivity contribution is -0.142. The summed E-state index contributed by atoms with van der Waals surface area (Å²) in [5.41, 5.74) is 3.10. The zero-order valence-electron chi connectivity index (χ0n) is 13.8. The maximum atomic E-state index is 12.1. The van der Waals surface area contributed by atoms with Crippen LogP contribution >= 0.6 is 0 Å². The molecule has 126 valence electrons. The van der Waals surface area contributed by atoms with E-state index in [0.29, 0.717) is 19.8 Å². The van der Waals surface area contributed by atoms with E-state index in [2.05, 4.69) is 22.3 Å². The van der Waals surface area contributed by atoms with Crippen molar-refractivity contribution in [2.24, 2.45) is 0 Å². The van der Waals surface area contributed by atoms with Crippen molar-refractivity contribution in [1.29, 1.82) is 0 Å². The lowest BCUT2D eigenvalue weighted by Crippen LogP contribution is -2.39. The normalized spacial score (nSPS) is 17.3. The minimum Gasteiger partial charge on any atom is -0.376 e. The Labute approximate surface area is 142 Å². The van der Waals surface area contributed by atoms with Gasteiger partial charge in [-0.2, -0.15) is 0 Å². The Morgan fingerprint density at radius 2 is 1.88 bits per heavy atom. The van der Waals surface area contributed by atoms with E-state index >= 15 is 0 Å². The third kappa shape index (κ3) is 4.34. The molecule has 5 heteroatoms. The average molecular weight is 326 g/mol. The molecule has 1 saturated heterocycles. The number of amides is 1. The van der Waals surface area contributed by atoms with Crippen LogP contribution in [0.5, 0.6) is 0 Å². The molecule has 5 nitrogen and oxygen atoms in total. The number of anilines is 2. The van der Waals surface area contributed by atoms with E-state index < -0.39 is 6.10 Å². The first-order chi connectivity index (χ1) is 11.7. The minimum atomic E-state index is -0.529. The van der Waals surface area contributed by atoms with Crippen LogP contribution in [0.3, 0.4) is 0 Å². The van der Waals surface area contributed by atoms with Crippen molar-refractivity contribution >= 4 is 17.3 Å². The van der Waals surface area contributed by atoms with Gasteiger partial charge in [-0.3, -0.25) is 4.79 Å². The molecule has 24 heavy (non-hydrogen) atoms. The summed E-state index contributed by atoms with van der Waals surface area (Å²) >= 11 is 0. The van der Waals surface area contributed by atoms with E-state index in [0.717, 1.165) is 17.9 Å². The molecule has 1 atom stereocenters. The van der Waals surface area contributed by atoms with Crippen molar-refractivity contribution in [3.8, 4) is 0 Å². The van der Waals surface area contributed by atoms with Crippen LogP contribution in [-0.2, 0) is 20.8 Å². The van der Waals surface area contributed by atoms with Gasteiger partial charge in [-0.1, -0.05) is 30.3 Å². The fourth-order valence-electron chi connectivity index (χ4n) is 2.61. The molecule has 0 aliphatic carbocycles. The molecule has 0 radical (unpaired) electrons. The molecule has 0 spiro atoms. The third-order valence-electron chi connectivity index (χ3n) is 3.95. The Balaban J connectivity index is 1.57. The molecule has 3 rings (SSSR count). The van der Waals surface area contributed by atoms with Crippen LogP contribution in [0.15, 0.2) is 54.6 Å². The number of carbonyl (C=O) groups excluding carboxylic acids is 1. The molecule has 1 N–H and O–H groups in total. The van der Waals surface area contributed by atoms with E-state index in [9.17, 15) is 4.79 Å². The number of hydrogen-bond acceptors (Lipinski definition) is 4. The van der Waals surface area contributed by atoms with Gasteiger partial charge in [0.2, 0.25) is 0 Å². The molecule has 2 aromatic rings. The van der Waals surface area contributed by atoms with Crippen molar-refractivity contribution in [2.45, 2.75) is 12.6 Å². The molecule has 1 aliphatic rings. The second kappa shape index (κ2) is 7.95. The molecular formula is C19H22N2O3. The zero-order chi connectivity index (χ0) is 16.8. The Bertz CT molecular complexity index is 652. The predicted molar refractivity (Wildman–Crippen MR) is 94.2 cm³/mol. The Hall–Kier alpha value is -2.37. The quantitative estimate of drug-likeness (QED) is 0.918. The van der Waals surface area contributed by atoms with E-state index in [1.807, 2.05) is 49.5 Å². The first kappa shape index (κ1) is 16.5. The van der Waals surface area contributed by atoms with Gasteiger partial charge in [0.05, 0.1) is 19.8 Å². The second-order valence-corrected chi connectivity index (χ2v) is 5.81. The van der Waals surface area contributed by atoms with Gasteiger partial charge in [0.25, 0.3) is 5.91 Å². The summed E-state index contributed by atoms with van der Waals surface area (Å²) in [6, 6.07) is 18.1. The smallest absolute Gasteiger partial charge is 0.255 e. The first-order valence-electron chi connectivity index (χ1n) is 8.08. The van der Waals surface area contributed by atoms with Gasteiger partial charge in [0, 0.05) is 25.0 Å². The zero-order valence-corrected chi connectivity index (χ0v) is 13.8. The number of rotatable bonds is 5. The molecule has 2 aromatic carbocycles. The van der Waals surface area contributed by atoms with Crippen LogP contribution in [0.2, 0.25) is 0 Å². The maximum Gasteiger partial charge on any atom is 0.255 e. The van der Waals surface area contributed by atoms with Crippen LogP contribution in [0, 0.1) is 0 Å². The van der Waals surface area contributed by atoms with Gasteiger partial charge < -0.3 is 19.7 Å². The topological polar surface area (TPSA) is 50.8 Å². The summed E-state index contributed by atoms with van der Waals surface area (Å²) in [5.74, 6) is -0.167.